The normalized spacial score (nSPS) is 11.9. The summed E-state index contributed by atoms with van der Waals surface area (Å²) in [6.45, 7) is 0. The molecule has 0 unspecified atom stereocenters. The van der Waals surface area contributed by atoms with Gasteiger partial charge in [-0.15, -0.1) is 0 Å². The number of H-pyrrole nitrogens is 1. The van der Waals surface area contributed by atoms with Gasteiger partial charge in [-0.3, -0.25) is 0 Å². The smallest absolute Gasteiger partial charge is 0.242 e. The number of hydrogen-bond donors (Lipinski definition) is 2. The van der Waals surface area contributed by atoms with E-state index in [1.807, 2.05) is 17.6 Å². The molecule has 4 rings (SSSR count). The van der Waals surface area contributed by atoms with Crippen molar-refractivity contribution in [1.29, 1.82) is 0 Å². The Morgan fingerprint density at radius 3 is 2.69 bits per heavy atom. The van der Waals surface area contributed by atoms with Gasteiger partial charge in [-0.2, -0.15) is 11.3 Å². The lowest BCUT2D eigenvalue weighted by Gasteiger charge is -2.15. The number of benzene rings is 1. The number of anilines is 2. The van der Waals surface area contributed by atoms with Crippen LogP contribution in [0.4, 0.5) is 11.4 Å². The van der Waals surface area contributed by atoms with Gasteiger partial charge in [-0.05, 0) is 46.2 Å². The number of hydrogen-bond acceptors (Lipinski definition) is 6. The van der Waals surface area contributed by atoms with Gasteiger partial charge in [0.15, 0.2) is 0 Å². The van der Waals surface area contributed by atoms with Gasteiger partial charge < -0.3 is 15.0 Å². The summed E-state index contributed by atoms with van der Waals surface area (Å²) >= 11 is 1.64. The molecule has 0 atom stereocenters. The van der Waals surface area contributed by atoms with E-state index in [0.29, 0.717) is 11.4 Å². The van der Waals surface area contributed by atoms with Crippen LogP contribution < -0.4 is 10.1 Å². The van der Waals surface area contributed by atoms with Crippen molar-refractivity contribution in [3.8, 4) is 16.9 Å². The van der Waals surface area contributed by atoms with Crippen molar-refractivity contribution in [3.63, 3.8) is 0 Å². The van der Waals surface area contributed by atoms with Crippen LogP contribution in [-0.4, -0.2) is 43.9 Å². The summed E-state index contributed by atoms with van der Waals surface area (Å²) in [5.74, 6) is 0.434. The summed E-state index contributed by atoms with van der Waals surface area (Å²) in [5.41, 5.74) is 4.43. The van der Waals surface area contributed by atoms with Gasteiger partial charge in [0.2, 0.25) is 10.0 Å². The number of sulfonamides is 1. The van der Waals surface area contributed by atoms with Crippen molar-refractivity contribution in [2.75, 3.05) is 26.5 Å². The van der Waals surface area contributed by atoms with Crippen molar-refractivity contribution in [2.24, 2.45) is 0 Å². The average Bonchev–Trinajstić information content (AvgIpc) is 3.38. The zero-order valence-electron chi connectivity index (χ0n) is 16.1. The Morgan fingerprint density at radius 1 is 1.17 bits per heavy atom. The molecule has 3 heterocycles. The highest BCUT2D eigenvalue weighted by Gasteiger charge is 2.20. The summed E-state index contributed by atoms with van der Waals surface area (Å²) in [6, 6.07) is 8.83. The van der Waals surface area contributed by atoms with Crippen LogP contribution in [0.5, 0.6) is 5.75 Å². The van der Waals surface area contributed by atoms with Gasteiger partial charge >= 0.3 is 0 Å². The molecule has 2 N–H and O–H groups in total. The maximum atomic E-state index is 12.4. The molecule has 0 aliphatic carbocycles. The maximum absolute atomic E-state index is 12.4. The molecule has 0 radical (unpaired) electrons. The van der Waals surface area contributed by atoms with Crippen LogP contribution in [-0.2, 0) is 10.0 Å². The number of nitrogens with one attached hydrogen (secondary N) is 2. The Hall–Kier alpha value is -2.88. The van der Waals surface area contributed by atoms with Crippen LogP contribution >= 0.6 is 11.3 Å². The predicted molar refractivity (Wildman–Crippen MR) is 117 cm³/mol. The van der Waals surface area contributed by atoms with Gasteiger partial charge in [0.1, 0.15) is 11.4 Å². The molecular formula is C20H20N4O3S2. The first-order valence-corrected chi connectivity index (χ1v) is 11.2. The molecule has 150 valence electrons. The third-order valence-corrected chi connectivity index (χ3v) is 7.12. The monoisotopic (exact) mass is 428 g/mol. The Bertz CT molecular complexity index is 1260. The largest absolute Gasteiger partial charge is 0.495 e. The van der Waals surface area contributed by atoms with E-state index >= 15 is 0 Å². The highest BCUT2D eigenvalue weighted by Crippen LogP contribution is 2.37. The number of aromatic nitrogens is 2. The predicted octanol–water partition coefficient (Wildman–Crippen LogP) is 4.29. The molecule has 0 bridgehead atoms. The summed E-state index contributed by atoms with van der Waals surface area (Å²) in [5, 5.41) is 8.44. The first-order valence-electron chi connectivity index (χ1n) is 8.78. The van der Waals surface area contributed by atoms with Crippen molar-refractivity contribution in [3.05, 3.63) is 53.5 Å². The number of methoxy groups -OCH3 is 1. The molecule has 0 aliphatic rings. The third kappa shape index (κ3) is 3.48. The van der Waals surface area contributed by atoms with E-state index in [1.54, 1.807) is 29.7 Å². The highest BCUT2D eigenvalue weighted by molar-refractivity contribution is 7.89. The fraction of sp³-hybridized carbons (Fsp3) is 0.150. The minimum atomic E-state index is -3.55. The lowest BCUT2D eigenvalue weighted by atomic mass is 10.1. The fourth-order valence-electron chi connectivity index (χ4n) is 3.10. The molecule has 0 amide bonds. The molecule has 9 heteroatoms. The lowest BCUT2D eigenvalue weighted by Crippen LogP contribution is -2.22. The molecule has 4 aromatic rings. The van der Waals surface area contributed by atoms with Gasteiger partial charge in [0.05, 0.1) is 28.8 Å². The molecule has 0 saturated carbocycles. The van der Waals surface area contributed by atoms with Crippen molar-refractivity contribution >= 4 is 43.8 Å². The Labute approximate surface area is 173 Å². The summed E-state index contributed by atoms with van der Waals surface area (Å²) < 4.78 is 31.5. The average molecular weight is 429 g/mol. The SMILES string of the molecule is COc1cc(S(=O)(=O)N(C)C)ccc1Nc1c[nH]c2nccc(-c3ccsc3)c12. The van der Waals surface area contributed by atoms with Gasteiger partial charge in [-0.25, -0.2) is 17.7 Å². The van der Waals surface area contributed by atoms with Crippen molar-refractivity contribution < 1.29 is 13.2 Å². The second-order valence-electron chi connectivity index (χ2n) is 6.57. The number of pyridine rings is 1. The van der Waals surface area contributed by atoms with Crippen LogP contribution in [0.15, 0.2) is 58.4 Å². The van der Waals surface area contributed by atoms with Crippen molar-refractivity contribution in [2.45, 2.75) is 4.90 Å². The van der Waals surface area contributed by atoms with Crippen LogP contribution in [0.25, 0.3) is 22.2 Å². The van der Waals surface area contributed by atoms with E-state index < -0.39 is 10.0 Å². The minimum Gasteiger partial charge on any atom is -0.495 e. The molecule has 7 nitrogen and oxygen atoms in total. The molecule has 0 aliphatic heterocycles. The third-order valence-electron chi connectivity index (χ3n) is 4.63. The lowest BCUT2D eigenvalue weighted by molar-refractivity contribution is 0.415. The molecule has 1 aromatic carbocycles. The standard InChI is InChI=1S/C20H20N4O3S2/c1-24(2)29(25,26)14-4-5-16(18(10-14)27-3)23-17-11-22-20-19(17)15(6-8-21-20)13-7-9-28-12-13/h4-12,23H,1-3H3,(H,21,22). The quantitative estimate of drug-likeness (QED) is 0.478. The molecule has 0 fully saturated rings. The molecule has 0 spiro atoms. The van der Waals surface area contributed by atoms with Crippen LogP contribution in [0.3, 0.4) is 0 Å². The fourth-order valence-corrected chi connectivity index (χ4v) is 4.68. The van der Waals surface area contributed by atoms with Gasteiger partial charge in [0.25, 0.3) is 0 Å². The number of ether oxygens (including phenoxy) is 1. The van der Waals surface area contributed by atoms with Gasteiger partial charge in [-0.1, -0.05) is 0 Å². The van der Waals surface area contributed by atoms with Crippen LogP contribution in [0.1, 0.15) is 0 Å². The number of fused-ring (bicyclic) bond motifs is 1. The van der Waals surface area contributed by atoms with Crippen molar-refractivity contribution in [1.82, 2.24) is 14.3 Å². The topological polar surface area (TPSA) is 87.3 Å². The zero-order valence-corrected chi connectivity index (χ0v) is 17.8. The molecular weight excluding hydrogens is 408 g/mol. The summed E-state index contributed by atoms with van der Waals surface area (Å²) in [4.78, 5) is 7.77. The Morgan fingerprint density at radius 2 is 2.00 bits per heavy atom. The minimum absolute atomic E-state index is 0.171. The van der Waals surface area contributed by atoms with Crippen LogP contribution in [0.2, 0.25) is 0 Å². The van der Waals surface area contributed by atoms with E-state index in [4.69, 9.17) is 4.74 Å². The van der Waals surface area contributed by atoms with E-state index in [-0.39, 0.29) is 4.90 Å². The van der Waals surface area contributed by atoms with E-state index in [1.165, 1.54) is 31.6 Å². The second-order valence-corrected chi connectivity index (χ2v) is 9.50. The van der Waals surface area contributed by atoms with Crippen LogP contribution in [0, 0.1) is 0 Å². The van der Waals surface area contributed by atoms with E-state index in [2.05, 4.69) is 26.7 Å². The first kappa shape index (κ1) is 19.4. The first-order chi connectivity index (χ1) is 13.9. The number of thiophene rings is 1. The molecule has 0 saturated heterocycles. The number of aromatic amines is 1. The highest BCUT2D eigenvalue weighted by atomic mass is 32.2. The zero-order chi connectivity index (χ0) is 20.6. The Kier molecular flexibility index (Phi) is 5.03. The van der Waals surface area contributed by atoms with E-state index in [9.17, 15) is 8.42 Å². The molecule has 3 aromatic heterocycles. The second kappa shape index (κ2) is 7.51. The maximum Gasteiger partial charge on any atom is 0.242 e. The summed E-state index contributed by atoms with van der Waals surface area (Å²) in [6.07, 6.45) is 3.62. The number of nitrogens with zero attached hydrogens (tertiary/aromatic N) is 2. The Balaban J connectivity index is 1.78. The van der Waals surface area contributed by atoms with E-state index in [0.717, 1.165) is 27.8 Å². The molecule has 29 heavy (non-hydrogen) atoms. The number of rotatable bonds is 6. The summed E-state index contributed by atoms with van der Waals surface area (Å²) in [7, 11) is 0.963. The van der Waals surface area contributed by atoms with Gasteiger partial charge in [0, 0.05) is 32.6 Å².